The fraction of sp³-hybridized carbons (Fsp3) is 0.818. The van der Waals surface area contributed by atoms with Gasteiger partial charge in [-0.25, -0.2) is 0 Å². The van der Waals surface area contributed by atoms with Gasteiger partial charge < -0.3 is 21.3 Å². The van der Waals surface area contributed by atoms with Crippen LogP contribution in [0.2, 0.25) is 0 Å². The summed E-state index contributed by atoms with van der Waals surface area (Å²) in [5.41, 5.74) is 4.29. The van der Waals surface area contributed by atoms with E-state index in [0.717, 1.165) is 12.8 Å². The van der Waals surface area contributed by atoms with Crippen molar-refractivity contribution in [2.24, 2.45) is 5.73 Å². The molecule has 3 N–H and O–H groups in total. The molecule has 0 aliphatic rings. The molecule has 0 heterocycles. The molecular formula is C11H22CuN2O2S2. The van der Waals surface area contributed by atoms with Gasteiger partial charge in [0.05, 0.1) is 0 Å². The zero-order valence-corrected chi connectivity index (χ0v) is 13.4. The minimum atomic E-state index is -0.750. The van der Waals surface area contributed by atoms with E-state index in [-0.39, 0.29) is 22.2 Å². The molecule has 0 aromatic carbocycles. The second-order valence-electron chi connectivity index (χ2n) is 3.73. The Hall–Kier alpha value is -0.101. The summed E-state index contributed by atoms with van der Waals surface area (Å²) in [5.74, 6) is 0. The van der Waals surface area contributed by atoms with Crippen LogP contribution in [0.5, 0.6) is 0 Å². The third kappa shape index (κ3) is 24.9. The van der Waals surface area contributed by atoms with Gasteiger partial charge in [0.15, 0.2) is 0 Å². The Labute approximate surface area is 131 Å². The molecule has 7 heteroatoms. The monoisotopic (exact) mass is 341 g/mol. The van der Waals surface area contributed by atoms with Crippen molar-refractivity contribution in [1.82, 2.24) is 5.32 Å². The second kappa shape index (κ2) is 16.9. The van der Waals surface area contributed by atoms with Crippen LogP contribution in [-0.2, 0) is 17.1 Å². The first kappa shape index (κ1) is 23.0. The van der Waals surface area contributed by atoms with Gasteiger partial charge in [-0.05, 0) is 12.8 Å². The Balaban J connectivity index is -0.000000392. The van der Waals surface area contributed by atoms with Gasteiger partial charge in [-0.15, -0.1) is 0 Å². The SMILES string of the molecule is CCCCC(CCCC)NC([O-])=S.NC([O-])=S.[Cu+2]. The van der Waals surface area contributed by atoms with Crippen molar-refractivity contribution in [3.63, 3.8) is 0 Å². The van der Waals surface area contributed by atoms with Crippen molar-refractivity contribution in [2.75, 3.05) is 0 Å². The quantitative estimate of drug-likeness (QED) is 0.520. The van der Waals surface area contributed by atoms with Gasteiger partial charge in [-0.3, -0.25) is 0 Å². The molecule has 0 spiro atoms. The molecule has 4 nitrogen and oxygen atoms in total. The molecule has 0 fully saturated rings. The first-order valence-electron chi connectivity index (χ1n) is 5.87. The molecule has 0 amide bonds. The predicted octanol–water partition coefficient (Wildman–Crippen LogP) is 0.558. The summed E-state index contributed by atoms with van der Waals surface area (Å²) >= 11 is 8.27. The van der Waals surface area contributed by atoms with Crippen molar-refractivity contribution in [2.45, 2.75) is 58.4 Å². The van der Waals surface area contributed by atoms with E-state index in [1.54, 1.807) is 0 Å². The fourth-order valence-electron chi connectivity index (χ4n) is 1.36. The third-order valence-electron chi connectivity index (χ3n) is 2.13. The first-order valence-corrected chi connectivity index (χ1v) is 6.69. The van der Waals surface area contributed by atoms with Gasteiger partial charge in [0, 0.05) is 16.4 Å². The van der Waals surface area contributed by atoms with Crippen molar-refractivity contribution < 1.29 is 27.3 Å². The molecule has 0 aliphatic carbocycles. The van der Waals surface area contributed by atoms with Gasteiger partial charge >= 0.3 is 17.1 Å². The van der Waals surface area contributed by atoms with E-state index in [1.165, 1.54) is 25.7 Å². The van der Waals surface area contributed by atoms with E-state index in [4.69, 9.17) is 5.11 Å². The second-order valence-corrected chi connectivity index (χ2v) is 4.51. The molecule has 0 rings (SSSR count). The standard InChI is InChI=1S/C10H21NOS.CH3NOS.Cu/c1-3-5-7-9(8-6-4-2)11-10(12)13;2-1(3)4;/h9H,3-8H2,1-2H3,(H2,11,12,13);(H3,2,3,4);/q;;+2/p-2. The maximum atomic E-state index is 10.7. The van der Waals surface area contributed by atoms with Crippen LogP contribution in [0.25, 0.3) is 0 Å². The minimum absolute atomic E-state index is 0. The summed E-state index contributed by atoms with van der Waals surface area (Å²) < 4.78 is 0. The number of nitrogens with one attached hydrogen (secondary N) is 1. The zero-order chi connectivity index (χ0) is 13.7. The summed E-state index contributed by atoms with van der Waals surface area (Å²) in [6.45, 7) is 4.32. The Morgan fingerprint density at radius 2 is 1.44 bits per heavy atom. The van der Waals surface area contributed by atoms with Crippen LogP contribution in [0.15, 0.2) is 0 Å². The van der Waals surface area contributed by atoms with Crippen LogP contribution in [0.3, 0.4) is 0 Å². The molecule has 111 valence electrons. The Kier molecular flexibility index (Phi) is 21.6. The summed E-state index contributed by atoms with van der Waals surface area (Å²) in [6, 6.07) is 0.310. The average Bonchev–Trinajstić information content (AvgIpc) is 2.20. The summed E-state index contributed by atoms with van der Waals surface area (Å²) in [6.07, 6.45) is 6.83. The van der Waals surface area contributed by atoms with Crippen LogP contribution in [0.4, 0.5) is 0 Å². The van der Waals surface area contributed by atoms with E-state index >= 15 is 0 Å². The minimum Gasteiger partial charge on any atom is -0.852 e. The third-order valence-corrected chi connectivity index (χ3v) is 2.25. The van der Waals surface area contributed by atoms with E-state index in [1.807, 2.05) is 0 Å². The molecule has 0 unspecified atom stereocenters. The Morgan fingerprint density at radius 3 is 1.67 bits per heavy atom. The first-order chi connectivity index (χ1) is 7.93. The van der Waals surface area contributed by atoms with Crippen LogP contribution < -0.4 is 21.3 Å². The number of nitrogens with two attached hydrogens (primary N) is 1. The van der Waals surface area contributed by atoms with Crippen molar-refractivity contribution in [1.29, 1.82) is 0 Å². The van der Waals surface area contributed by atoms with Crippen molar-refractivity contribution >= 4 is 34.8 Å². The van der Waals surface area contributed by atoms with Gasteiger partial charge in [0.25, 0.3) is 0 Å². The topological polar surface area (TPSA) is 84.2 Å². The number of unbranched alkanes of at least 4 members (excludes halogenated alkanes) is 2. The van der Waals surface area contributed by atoms with E-state index in [9.17, 15) is 5.11 Å². The van der Waals surface area contributed by atoms with E-state index in [2.05, 4.69) is 49.3 Å². The van der Waals surface area contributed by atoms with Crippen LogP contribution in [0, 0.1) is 0 Å². The molecule has 0 aliphatic heterocycles. The number of thiocarbonyl (C=S) groups is 2. The van der Waals surface area contributed by atoms with Gasteiger partial charge in [0.1, 0.15) is 0 Å². The van der Waals surface area contributed by atoms with Crippen molar-refractivity contribution in [3.05, 3.63) is 0 Å². The molecule has 18 heavy (non-hydrogen) atoms. The Morgan fingerprint density at radius 1 is 1.11 bits per heavy atom. The Bertz CT molecular complexity index is 207. The van der Waals surface area contributed by atoms with Crippen LogP contribution in [-0.4, -0.2) is 16.4 Å². The van der Waals surface area contributed by atoms with Gasteiger partial charge in [-0.1, -0.05) is 64.0 Å². The van der Waals surface area contributed by atoms with Gasteiger partial charge in [-0.2, -0.15) is 0 Å². The summed E-state index contributed by atoms with van der Waals surface area (Å²) in [7, 11) is 0. The molecule has 1 radical (unpaired) electrons. The predicted molar refractivity (Wildman–Crippen MR) is 75.4 cm³/mol. The van der Waals surface area contributed by atoms with Crippen LogP contribution in [0.1, 0.15) is 52.4 Å². The van der Waals surface area contributed by atoms with Crippen LogP contribution >= 0.6 is 24.4 Å². The summed E-state index contributed by atoms with van der Waals surface area (Å²) in [4.78, 5) is 0. The number of hydrogen-bond acceptors (Lipinski definition) is 4. The molecule has 0 aromatic rings. The molecule has 0 saturated heterocycles. The molecule has 0 aromatic heterocycles. The molecule has 0 bridgehead atoms. The smallest absolute Gasteiger partial charge is 0.852 e. The van der Waals surface area contributed by atoms with Gasteiger partial charge in [0.2, 0.25) is 0 Å². The fourth-order valence-corrected chi connectivity index (χ4v) is 1.52. The average molecular weight is 342 g/mol. The number of hydrogen-bond donors (Lipinski definition) is 2. The maximum absolute atomic E-state index is 10.7. The maximum Gasteiger partial charge on any atom is 2.00 e. The summed E-state index contributed by atoms with van der Waals surface area (Å²) in [5, 5.41) is 21.5. The molecule has 0 saturated carbocycles. The molecule has 0 atom stereocenters. The largest absolute Gasteiger partial charge is 2.00 e. The van der Waals surface area contributed by atoms with Crippen molar-refractivity contribution in [3.8, 4) is 0 Å². The zero-order valence-electron chi connectivity index (χ0n) is 10.8. The van der Waals surface area contributed by atoms with E-state index in [0.29, 0.717) is 6.04 Å². The molecular weight excluding hydrogens is 320 g/mol. The van der Waals surface area contributed by atoms with E-state index < -0.39 is 5.17 Å². The normalized spacial score (nSPS) is 8.83. The number of rotatable bonds is 7.